The highest BCUT2D eigenvalue weighted by molar-refractivity contribution is 7.80. The van der Waals surface area contributed by atoms with Crippen molar-refractivity contribution in [1.82, 2.24) is 5.32 Å². The summed E-state index contributed by atoms with van der Waals surface area (Å²) in [6.45, 7) is 4.27. The average Bonchev–Trinajstić information content (AvgIpc) is 3.08. The molecule has 0 bridgehead atoms. The summed E-state index contributed by atoms with van der Waals surface area (Å²) in [7, 11) is 0. The highest BCUT2D eigenvalue weighted by Crippen LogP contribution is 2.67. The van der Waals surface area contributed by atoms with Gasteiger partial charge in [-0.1, -0.05) is 30.5 Å². The van der Waals surface area contributed by atoms with Gasteiger partial charge < -0.3 is 20.4 Å². The Morgan fingerprint density at radius 1 is 1.26 bits per heavy atom. The number of allylic oxidation sites excluding steroid dienone is 2. The summed E-state index contributed by atoms with van der Waals surface area (Å²) in [5.74, 6) is 2.71. The first-order valence-corrected chi connectivity index (χ1v) is 12.9. The van der Waals surface area contributed by atoms with Gasteiger partial charge in [0.05, 0.1) is 5.71 Å². The molecule has 0 spiro atoms. The number of carboxylic acid groups (broad SMARTS) is 1. The maximum Gasteiger partial charge on any atom is 0.327 e. The smallest absolute Gasteiger partial charge is 0.327 e. The minimum absolute atomic E-state index is 0.00443. The summed E-state index contributed by atoms with van der Waals surface area (Å²) in [6.07, 6.45) is 15.5. The van der Waals surface area contributed by atoms with Gasteiger partial charge >= 0.3 is 5.97 Å². The van der Waals surface area contributed by atoms with Gasteiger partial charge in [-0.05, 0) is 80.6 Å². The zero-order valence-corrected chi connectivity index (χ0v) is 20.9. The lowest BCUT2D eigenvalue weighted by molar-refractivity contribution is -0.141. The Balaban J connectivity index is 1.42. The zero-order chi connectivity index (χ0) is 24.7. The Morgan fingerprint density at radius 3 is 2.68 bits per heavy atom. The molecule has 0 aromatic carbocycles. The van der Waals surface area contributed by atoms with Gasteiger partial charge in [-0.25, -0.2) is 4.79 Å². The minimum Gasteiger partial charge on any atom is -0.480 e. The highest BCUT2D eigenvalue weighted by atomic mass is 32.1. The van der Waals surface area contributed by atoms with Crippen LogP contribution < -0.4 is 5.32 Å². The van der Waals surface area contributed by atoms with Gasteiger partial charge in [0.2, 0.25) is 0 Å². The molecule has 34 heavy (non-hydrogen) atoms. The number of fused-ring (bicyclic) bond motifs is 5. The lowest BCUT2D eigenvalue weighted by Gasteiger charge is -2.58. The van der Waals surface area contributed by atoms with Crippen LogP contribution in [0.5, 0.6) is 0 Å². The summed E-state index contributed by atoms with van der Waals surface area (Å²) < 4.78 is 0. The second kappa shape index (κ2) is 9.23. The van der Waals surface area contributed by atoms with Crippen LogP contribution in [0.4, 0.5) is 0 Å². The monoisotopic (exact) mass is 488 g/mol. The van der Waals surface area contributed by atoms with E-state index in [-0.39, 0.29) is 23.2 Å². The summed E-state index contributed by atoms with van der Waals surface area (Å²) in [5.41, 5.74) is 1.17. The lowest BCUT2D eigenvalue weighted by Crippen LogP contribution is -2.54. The van der Waals surface area contributed by atoms with Crippen molar-refractivity contribution in [1.29, 1.82) is 0 Å². The number of aliphatic hydroxyl groups is 1. The maximum atomic E-state index is 11.9. The maximum absolute atomic E-state index is 11.9. The summed E-state index contributed by atoms with van der Waals surface area (Å²) in [4.78, 5) is 28.2. The van der Waals surface area contributed by atoms with E-state index in [0.29, 0.717) is 24.2 Å². The van der Waals surface area contributed by atoms with E-state index in [4.69, 9.17) is 16.4 Å². The first-order valence-electron chi connectivity index (χ1n) is 12.3. The van der Waals surface area contributed by atoms with E-state index in [1.165, 1.54) is 5.57 Å². The highest BCUT2D eigenvalue weighted by Gasteiger charge is 2.63. The molecular formula is C26H36N2O5S. The average molecular weight is 489 g/mol. The molecule has 7 atom stereocenters. The van der Waals surface area contributed by atoms with Crippen molar-refractivity contribution in [2.24, 2.45) is 33.7 Å². The number of nitrogens with zero attached hydrogens (tertiary/aromatic N) is 1. The molecule has 1 amide bonds. The van der Waals surface area contributed by atoms with E-state index in [2.05, 4.69) is 48.9 Å². The largest absolute Gasteiger partial charge is 0.480 e. The number of carboxylic acids is 1. The van der Waals surface area contributed by atoms with Gasteiger partial charge in [-0.15, -0.1) is 6.42 Å². The molecule has 3 fully saturated rings. The van der Waals surface area contributed by atoms with Crippen LogP contribution >= 0.6 is 12.6 Å². The quantitative estimate of drug-likeness (QED) is 0.261. The van der Waals surface area contributed by atoms with Crippen molar-refractivity contribution in [2.45, 2.75) is 76.9 Å². The van der Waals surface area contributed by atoms with Crippen LogP contribution in [0.15, 0.2) is 16.8 Å². The number of aliphatic carboxylic acids is 1. The number of nitrogens with one attached hydrogen (secondary N) is 1. The normalized spacial score (nSPS) is 40.7. The number of thiol groups is 1. The number of oxime groups is 1. The number of terminal acetylenes is 1. The molecule has 4 aliphatic carbocycles. The van der Waals surface area contributed by atoms with Crippen molar-refractivity contribution in [3.05, 3.63) is 11.6 Å². The van der Waals surface area contributed by atoms with Crippen molar-refractivity contribution < 1.29 is 24.6 Å². The predicted octanol–water partition coefficient (Wildman–Crippen LogP) is 3.19. The first-order chi connectivity index (χ1) is 16.1. The molecule has 8 heteroatoms. The summed E-state index contributed by atoms with van der Waals surface area (Å²) >= 11 is 3.93. The Kier molecular flexibility index (Phi) is 6.82. The van der Waals surface area contributed by atoms with Crippen LogP contribution in [0.25, 0.3) is 0 Å². The zero-order valence-electron chi connectivity index (χ0n) is 20.0. The molecule has 0 aromatic rings. The molecule has 0 radical (unpaired) electrons. The molecule has 0 unspecified atom stereocenters. The Labute approximate surface area is 207 Å². The van der Waals surface area contributed by atoms with Crippen LogP contribution in [-0.4, -0.2) is 51.8 Å². The van der Waals surface area contributed by atoms with Gasteiger partial charge in [-0.2, -0.15) is 12.6 Å². The third-order valence-corrected chi connectivity index (χ3v) is 9.93. The van der Waals surface area contributed by atoms with E-state index < -0.39 is 23.5 Å². The number of rotatable bonds is 6. The van der Waals surface area contributed by atoms with E-state index in [1.54, 1.807) is 0 Å². The van der Waals surface area contributed by atoms with E-state index in [9.17, 15) is 14.7 Å². The first kappa shape index (κ1) is 25.1. The minimum atomic E-state index is -1.13. The van der Waals surface area contributed by atoms with Gasteiger partial charge in [0.15, 0.2) is 6.61 Å². The van der Waals surface area contributed by atoms with Crippen LogP contribution in [-0.2, 0) is 14.4 Å². The Morgan fingerprint density at radius 2 is 2.00 bits per heavy atom. The van der Waals surface area contributed by atoms with Crippen molar-refractivity contribution >= 4 is 30.2 Å². The van der Waals surface area contributed by atoms with Gasteiger partial charge in [0.25, 0.3) is 5.91 Å². The lowest BCUT2D eigenvalue weighted by atomic mass is 9.46. The molecule has 0 heterocycles. The summed E-state index contributed by atoms with van der Waals surface area (Å²) in [6, 6.07) is -1.05. The number of hydrogen-bond donors (Lipinski definition) is 4. The fourth-order valence-corrected chi connectivity index (χ4v) is 7.74. The third kappa shape index (κ3) is 4.05. The van der Waals surface area contributed by atoms with Crippen LogP contribution in [0.1, 0.15) is 65.2 Å². The third-order valence-electron chi connectivity index (χ3n) is 9.56. The van der Waals surface area contributed by atoms with E-state index in [0.717, 1.165) is 50.7 Å². The fraction of sp³-hybridized carbons (Fsp3) is 0.731. The summed E-state index contributed by atoms with van der Waals surface area (Å²) in [5, 5.41) is 26.7. The number of amides is 1. The predicted molar refractivity (Wildman–Crippen MR) is 132 cm³/mol. The molecule has 3 N–H and O–H groups in total. The molecule has 0 saturated heterocycles. The molecule has 186 valence electrons. The second-order valence-corrected chi connectivity index (χ2v) is 11.4. The van der Waals surface area contributed by atoms with Gasteiger partial charge in [-0.3, -0.25) is 4.79 Å². The molecule has 4 rings (SSSR count). The van der Waals surface area contributed by atoms with E-state index in [1.807, 2.05) is 0 Å². The number of hydrogen-bond acceptors (Lipinski definition) is 6. The Bertz CT molecular complexity index is 957. The molecule has 4 aliphatic rings. The molecule has 3 saturated carbocycles. The number of carbonyl (C=O) groups excluding carboxylic acids is 1. The topological polar surface area (TPSA) is 108 Å². The van der Waals surface area contributed by atoms with Crippen molar-refractivity contribution in [3.8, 4) is 12.3 Å². The van der Waals surface area contributed by atoms with Crippen LogP contribution in [0.2, 0.25) is 0 Å². The van der Waals surface area contributed by atoms with Crippen LogP contribution in [0, 0.1) is 40.9 Å². The van der Waals surface area contributed by atoms with Gasteiger partial charge in [0.1, 0.15) is 11.6 Å². The molecule has 0 aliphatic heterocycles. The Hall–Kier alpha value is -1.98. The molecule has 7 nitrogen and oxygen atoms in total. The van der Waals surface area contributed by atoms with Crippen molar-refractivity contribution in [3.63, 3.8) is 0 Å². The molecular weight excluding hydrogens is 452 g/mol. The van der Waals surface area contributed by atoms with E-state index >= 15 is 0 Å². The number of carbonyl (C=O) groups is 2. The second-order valence-electron chi connectivity index (χ2n) is 11.0. The van der Waals surface area contributed by atoms with Crippen LogP contribution in [0.3, 0.4) is 0 Å². The van der Waals surface area contributed by atoms with Gasteiger partial charge in [0, 0.05) is 11.2 Å². The van der Waals surface area contributed by atoms with Crippen molar-refractivity contribution in [2.75, 3.05) is 12.4 Å². The SMILES string of the molecule is C#C[C@@]1(O)CC[C@@H]2[C@@H]3CCC4=C/C(=N/OCC(=O)N[C@H](CS)C(=O)O)CC[C@]4(C)[C@H]3CC[C@@]21C. The fourth-order valence-electron chi connectivity index (χ4n) is 7.49. The standard InChI is InChI=1S/C26H36N2O5S/c1-4-26(32)12-9-20-18-6-5-16-13-17(28-33-14-22(29)27-21(15-34)23(30)31)7-10-24(16,2)19(18)8-11-25(20,26)3/h1,13,18-21,32,34H,5-12,14-15H2,2-3H3,(H,27,29)(H,30,31)/b28-17+/t18-,19+,20-,21-,24+,25+,26-/m1/s1. The molecule has 0 aromatic heterocycles.